The van der Waals surface area contributed by atoms with E-state index in [4.69, 9.17) is 9.47 Å². The minimum Gasteiger partial charge on any atom is -0.493 e. The van der Waals surface area contributed by atoms with E-state index < -0.39 is 0 Å². The van der Waals surface area contributed by atoms with Crippen LogP contribution < -0.4 is 14.8 Å². The molecule has 1 saturated heterocycles. The lowest BCUT2D eigenvalue weighted by Crippen LogP contribution is -2.32. The van der Waals surface area contributed by atoms with Gasteiger partial charge in [0.1, 0.15) is 0 Å². The number of nitrogens with one attached hydrogen (secondary N) is 1. The van der Waals surface area contributed by atoms with Crippen molar-refractivity contribution in [2.75, 3.05) is 32.1 Å². The number of aryl methyl sites for hydroxylation is 1. The maximum Gasteiger partial charge on any atom is 0.224 e. The molecule has 0 spiro atoms. The number of methoxy groups -OCH3 is 1. The van der Waals surface area contributed by atoms with Gasteiger partial charge in [0.25, 0.3) is 0 Å². The van der Waals surface area contributed by atoms with Crippen LogP contribution in [0.4, 0.5) is 5.69 Å². The Hall–Kier alpha value is -2.53. The number of piperidine rings is 1. The van der Waals surface area contributed by atoms with Crippen LogP contribution in [0.2, 0.25) is 0 Å². The summed E-state index contributed by atoms with van der Waals surface area (Å²) in [6, 6.07) is 14.1. The topological polar surface area (TPSA) is 50.8 Å². The minimum atomic E-state index is 0.0145. The predicted octanol–water partition coefficient (Wildman–Crippen LogP) is 4.90. The van der Waals surface area contributed by atoms with Crippen LogP contribution in [0, 0.1) is 5.92 Å². The van der Waals surface area contributed by atoms with E-state index in [1.54, 1.807) is 7.11 Å². The molecule has 5 heteroatoms. The number of nitrogens with zero attached hydrogens (tertiary/aromatic N) is 1. The van der Waals surface area contributed by atoms with E-state index in [0.717, 1.165) is 29.5 Å². The summed E-state index contributed by atoms with van der Waals surface area (Å²) >= 11 is 0. The number of carbonyl (C=O) groups excluding carboxylic acids is 1. The van der Waals surface area contributed by atoms with Gasteiger partial charge in [-0.3, -0.25) is 9.69 Å². The fourth-order valence-corrected chi connectivity index (χ4v) is 3.80. The molecule has 0 aliphatic carbocycles. The molecule has 0 radical (unpaired) electrons. The van der Waals surface area contributed by atoms with E-state index in [0.29, 0.717) is 25.2 Å². The zero-order valence-corrected chi connectivity index (χ0v) is 18.4. The van der Waals surface area contributed by atoms with E-state index >= 15 is 0 Å². The molecule has 2 aromatic carbocycles. The van der Waals surface area contributed by atoms with Crippen molar-refractivity contribution >= 4 is 11.6 Å². The molecule has 3 rings (SSSR count). The minimum absolute atomic E-state index is 0.0145. The molecule has 0 bridgehead atoms. The molecule has 1 fully saturated rings. The lowest BCUT2D eigenvalue weighted by molar-refractivity contribution is -0.116. The van der Waals surface area contributed by atoms with Gasteiger partial charge in [-0.1, -0.05) is 25.1 Å². The first-order valence-corrected chi connectivity index (χ1v) is 11.0. The monoisotopic (exact) mass is 410 g/mol. The van der Waals surface area contributed by atoms with E-state index in [1.807, 2.05) is 37.3 Å². The van der Waals surface area contributed by atoms with Crippen molar-refractivity contribution in [3.63, 3.8) is 0 Å². The molecule has 0 aromatic heterocycles. The summed E-state index contributed by atoms with van der Waals surface area (Å²) in [5, 5.41) is 3.00. The fraction of sp³-hybridized carbons (Fsp3) is 0.480. The Kier molecular flexibility index (Phi) is 8.14. The van der Waals surface area contributed by atoms with Gasteiger partial charge in [-0.15, -0.1) is 0 Å². The molecule has 1 aliphatic heterocycles. The normalized spacial score (nSPS) is 15.0. The van der Waals surface area contributed by atoms with Crippen LogP contribution in [-0.2, 0) is 17.8 Å². The maximum absolute atomic E-state index is 12.4. The number of likely N-dealkylation sites (tertiary alicyclic amines) is 1. The van der Waals surface area contributed by atoms with Gasteiger partial charge in [0.05, 0.1) is 13.7 Å². The number of benzene rings is 2. The fourth-order valence-electron chi connectivity index (χ4n) is 3.80. The quantitative estimate of drug-likeness (QED) is 0.639. The van der Waals surface area contributed by atoms with Gasteiger partial charge in [0, 0.05) is 18.7 Å². The number of ether oxygens (including phenoxy) is 2. The molecule has 30 heavy (non-hydrogen) atoms. The second-order valence-electron chi connectivity index (χ2n) is 8.12. The molecule has 0 atom stereocenters. The molecule has 1 heterocycles. The number of amides is 1. The molecule has 1 N–H and O–H groups in total. The number of anilines is 1. The van der Waals surface area contributed by atoms with E-state index in [-0.39, 0.29) is 5.91 Å². The van der Waals surface area contributed by atoms with Gasteiger partial charge >= 0.3 is 0 Å². The predicted molar refractivity (Wildman–Crippen MR) is 121 cm³/mol. The number of hydrogen-bond acceptors (Lipinski definition) is 4. The van der Waals surface area contributed by atoms with E-state index in [1.165, 1.54) is 31.5 Å². The van der Waals surface area contributed by atoms with E-state index in [9.17, 15) is 4.79 Å². The van der Waals surface area contributed by atoms with E-state index in [2.05, 4.69) is 29.3 Å². The highest BCUT2D eigenvalue weighted by atomic mass is 16.5. The van der Waals surface area contributed by atoms with Crippen molar-refractivity contribution in [3.8, 4) is 11.5 Å². The first-order chi connectivity index (χ1) is 14.6. The Balaban J connectivity index is 1.46. The molecule has 0 unspecified atom stereocenters. The van der Waals surface area contributed by atoms with Crippen molar-refractivity contribution in [1.29, 1.82) is 0 Å². The van der Waals surface area contributed by atoms with Crippen LogP contribution >= 0.6 is 0 Å². The summed E-state index contributed by atoms with van der Waals surface area (Å²) in [4.78, 5) is 14.9. The highest BCUT2D eigenvalue weighted by Gasteiger charge is 2.15. The summed E-state index contributed by atoms with van der Waals surface area (Å²) in [5.41, 5.74) is 3.20. The standard InChI is InChI=1S/C25H34N2O3/c1-4-30-23-11-7-20(17-24(23)29-3)8-12-25(28)26-22-9-5-21(6-10-22)18-27-15-13-19(2)14-16-27/h5-7,9-11,17,19H,4,8,12-16,18H2,1-3H3,(H,26,28). The summed E-state index contributed by atoms with van der Waals surface area (Å²) in [5.74, 6) is 2.30. The number of carbonyl (C=O) groups is 1. The highest BCUT2D eigenvalue weighted by molar-refractivity contribution is 5.90. The second-order valence-corrected chi connectivity index (χ2v) is 8.12. The molecule has 162 valence electrons. The average Bonchev–Trinajstić information content (AvgIpc) is 2.76. The smallest absolute Gasteiger partial charge is 0.224 e. The first-order valence-electron chi connectivity index (χ1n) is 11.0. The SMILES string of the molecule is CCOc1ccc(CCC(=O)Nc2ccc(CN3CCC(C)CC3)cc2)cc1OC. The average molecular weight is 411 g/mol. The number of rotatable bonds is 9. The van der Waals surface area contributed by atoms with Gasteiger partial charge in [-0.2, -0.15) is 0 Å². The molecular formula is C25H34N2O3. The molecule has 0 saturated carbocycles. The van der Waals surface area contributed by atoms with Crippen LogP contribution in [0.25, 0.3) is 0 Å². The van der Waals surface area contributed by atoms with Crippen molar-refractivity contribution in [1.82, 2.24) is 4.90 Å². The van der Waals surface area contributed by atoms with Gasteiger partial charge in [0.2, 0.25) is 5.91 Å². The summed E-state index contributed by atoms with van der Waals surface area (Å²) in [6.07, 6.45) is 3.65. The zero-order chi connectivity index (χ0) is 21.3. The summed E-state index contributed by atoms with van der Waals surface area (Å²) < 4.78 is 10.9. The van der Waals surface area contributed by atoms with Crippen LogP contribution in [-0.4, -0.2) is 37.6 Å². The maximum atomic E-state index is 12.4. The molecular weight excluding hydrogens is 376 g/mol. The van der Waals surface area contributed by atoms with Crippen molar-refractivity contribution < 1.29 is 14.3 Å². The number of hydrogen-bond donors (Lipinski definition) is 1. The van der Waals surface area contributed by atoms with Crippen LogP contribution in [0.1, 0.15) is 44.2 Å². The summed E-state index contributed by atoms with van der Waals surface area (Å²) in [7, 11) is 1.63. The van der Waals surface area contributed by atoms with Gasteiger partial charge in [-0.05, 0) is 80.6 Å². The van der Waals surface area contributed by atoms with Gasteiger partial charge in [-0.25, -0.2) is 0 Å². The largest absolute Gasteiger partial charge is 0.493 e. The van der Waals surface area contributed by atoms with Crippen LogP contribution in [0.5, 0.6) is 11.5 Å². The van der Waals surface area contributed by atoms with Gasteiger partial charge < -0.3 is 14.8 Å². The Morgan fingerprint density at radius 1 is 1.07 bits per heavy atom. The Bertz CT molecular complexity index is 812. The van der Waals surface area contributed by atoms with Crippen LogP contribution in [0.3, 0.4) is 0 Å². The van der Waals surface area contributed by atoms with Crippen molar-refractivity contribution in [2.24, 2.45) is 5.92 Å². The molecule has 1 aliphatic rings. The lowest BCUT2D eigenvalue weighted by atomic mass is 9.99. The zero-order valence-electron chi connectivity index (χ0n) is 18.4. The van der Waals surface area contributed by atoms with Gasteiger partial charge in [0.15, 0.2) is 11.5 Å². The highest BCUT2D eigenvalue weighted by Crippen LogP contribution is 2.28. The molecule has 5 nitrogen and oxygen atoms in total. The molecule has 2 aromatic rings. The van der Waals surface area contributed by atoms with Crippen molar-refractivity contribution in [2.45, 2.75) is 46.1 Å². The lowest BCUT2D eigenvalue weighted by Gasteiger charge is -2.30. The Labute approximate surface area is 180 Å². The molecule has 1 amide bonds. The Morgan fingerprint density at radius 3 is 2.43 bits per heavy atom. The van der Waals surface area contributed by atoms with Crippen molar-refractivity contribution in [3.05, 3.63) is 53.6 Å². The van der Waals surface area contributed by atoms with Crippen LogP contribution in [0.15, 0.2) is 42.5 Å². The Morgan fingerprint density at radius 2 is 1.77 bits per heavy atom. The second kappa shape index (κ2) is 11.0. The summed E-state index contributed by atoms with van der Waals surface area (Å²) in [6.45, 7) is 8.21. The first kappa shape index (κ1) is 22.2. The third-order valence-electron chi connectivity index (χ3n) is 5.69. The third kappa shape index (κ3) is 6.49. The third-order valence-corrected chi connectivity index (χ3v) is 5.69.